The van der Waals surface area contributed by atoms with Crippen molar-refractivity contribution < 1.29 is 9.53 Å². The van der Waals surface area contributed by atoms with E-state index in [-0.39, 0.29) is 18.3 Å². The van der Waals surface area contributed by atoms with Crippen molar-refractivity contribution in [2.24, 2.45) is 0 Å². The number of likely N-dealkylation sites (N-methyl/N-ethyl adjacent to an activating group) is 1. The highest BCUT2D eigenvalue weighted by Gasteiger charge is 2.30. The normalized spacial score (nSPS) is 16.3. The average Bonchev–Trinajstić information content (AvgIpc) is 2.29. The largest absolute Gasteiger partial charge is 0.367 e. The number of nitrogens with one attached hydrogen (secondary N) is 1. The van der Waals surface area contributed by atoms with Crippen molar-refractivity contribution in [3.63, 3.8) is 0 Å². The molecule has 0 radical (unpaired) electrons. The zero-order valence-electron chi connectivity index (χ0n) is 10.6. The second kappa shape index (κ2) is 6.73. The number of hydrogen-bond acceptors (Lipinski definition) is 3. The Labute approximate surface area is 114 Å². The van der Waals surface area contributed by atoms with E-state index >= 15 is 0 Å². The van der Waals surface area contributed by atoms with Crippen LogP contribution in [-0.2, 0) is 9.53 Å². The number of amides is 1. The molecule has 1 unspecified atom stereocenters. The fourth-order valence-corrected chi connectivity index (χ4v) is 1.92. The molecule has 4 nitrogen and oxygen atoms in total. The second-order valence-corrected chi connectivity index (χ2v) is 4.29. The van der Waals surface area contributed by atoms with Gasteiger partial charge >= 0.3 is 0 Å². The van der Waals surface area contributed by atoms with E-state index in [4.69, 9.17) is 4.74 Å². The van der Waals surface area contributed by atoms with Crippen LogP contribution >= 0.6 is 12.4 Å². The maximum atomic E-state index is 12.3. The summed E-state index contributed by atoms with van der Waals surface area (Å²) in [5.74, 6) is 0.0187. The molecule has 1 heterocycles. The Kier molecular flexibility index (Phi) is 5.59. The van der Waals surface area contributed by atoms with Crippen LogP contribution in [0.1, 0.15) is 11.7 Å². The lowest BCUT2D eigenvalue weighted by molar-refractivity contribution is -0.144. The van der Waals surface area contributed by atoms with Crippen LogP contribution in [0.5, 0.6) is 0 Å². The Morgan fingerprint density at radius 3 is 2.44 bits per heavy atom. The SMILES string of the molecule is COC(C(=O)N(C)C1CNC1)c1ccccc1.Cl. The van der Waals surface area contributed by atoms with Gasteiger partial charge in [0.15, 0.2) is 6.10 Å². The molecule has 1 aromatic rings. The smallest absolute Gasteiger partial charge is 0.256 e. The van der Waals surface area contributed by atoms with E-state index in [1.807, 2.05) is 37.4 Å². The van der Waals surface area contributed by atoms with Gasteiger partial charge in [-0.2, -0.15) is 0 Å². The first-order chi connectivity index (χ1) is 8.24. The molecule has 1 aliphatic rings. The minimum Gasteiger partial charge on any atom is -0.367 e. The molecule has 0 saturated carbocycles. The van der Waals surface area contributed by atoms with Crippen LogP contribution in [0.25, 0.3) is 0 Å². The summed E-state index contributed by atoms with van der Waals surface area (Å²) >= 11 is 0. The van der Waals surface area contributed by atoms with Gasteiger partial charge in [-0.25, -0.2) is 0 Å². The molecular weight excluding hydrogens is 252 g/mol. The van der Waals surface area contributed by atoms with Crippen LogP contribution in [0, 0.1) is 0 Å². The molecule has 1 aromatic carbocycles. The van der Waals surface area contributed by atoms with Crippen LogP contribution in [0.3, 0.4) is 0 Å². The van der Waals surface area contributed by atoms with Crippen molar-refractivity contribution in [3.05, 3.63) is 35.9 Å². The number of carbonyl (C=O) groups excluding carboxylic acids is 1. The number of carbonyl (C=O) groups is 1. The zero-order valence-corrected chi connectivity index (χ0v) is 11.4. The van der Waals surface area contributed by atoms with Gasteiger partial charge in [-0.05, 0) is 5.56 Å². The van der Waals surface area contributed by atoms with Gasteiger partial charge in [-0.1, -0.05) is 30.3 Å². The molecule has 1 atom stereocenters. The highest BCUT2D eigenvalue weighted by atomic mass is 35.5. The summed E-state index contributed by atoms with van der Waals surface area (Å²) in [6, 6.07) is 9.89. The Balaban J connectivity index is 0.00000162. The van der Waals surface area contributed by atoms with Gasteiger partial charge in [-0.3, -0.25) is 4.79 Å². The minimum absolute atomic E-state index is 0. The molecule has 2 rings (SSSR count). The van der Waals surface area contributed by atoms with E-state index in [1.165, 1.54) is 0 Å². The third-order valence-electron chi connectivity index (χ3n) is 3.22. The number of hydrogen-bond donors (Lipinski definition) is 1. The van der Waals surface area contributed by atoms with E-state index in [1.54, 1.807) is 12.0 Å². The molecule has 0 spiro atoms. The molecule has 1 aliphatic heterocycles. The lowest BCUT2D eigenvalue weighted by Gasteiger charge is -2.37. The van der Waals surface area contributed by atoms with Crippen molar-refractivity contribution in [3.8, 4) is 0 Å². The van der Waals surface area contributed by atoms with Gasteiger partial charge in [0.1, 0.15) is 0 Å². The fourth-order valence-electron chi connectivity index (χ4n) is 1.92. The maximum Gasteiger partial charge on any atom is 0.256 e. The number of halogens is 1. The molecule has 0 bridgehead atoms. The van der Waals surface area contributed by atoms with Crippen LogP contribution in [0.2, 0.25) is 0 Å². The molecule has 100 valence electrons. The monoisotopic (exact) mass is 270 g/mol. The van der Waals surface area contributed by atoms with Crippen molar-refractivity contribution in [1.29, 1.82) is 0 Å². The van der Waals surface area contributed by atoms with Crippen molar-refractivity contribution in [2.75, 3.05) is 27.2 Å². The number of benzene rings is 1. The lowest BCUT2D eigenvalue weighted by Crippen LogP contribution is -2.58. The summed E-state index contributed by atoms with van der Waals surface area (Å²) in [6.45, 7) is 1.74. The van der Waals surface area contributed by atoms with E-state index in [2.05, 4.69) is 5.32 Å². The summed E-state index contributed by atoms with van der Waals surface area (Å²) in [6.07, 6.45) is -0.498. The number of nitrogens with zero attached hydrogens (tertiary/aromatic N) is 1. The molecule has 1 amide bonds. The molecule has 18 heavy (non-hydrogen) atoms. The summed E-state index contributed by atoms with van der Waals surface area (Å²) in [5, 5.41) is 3.16. The fraction of sp³-hybridized carbons (Fsp3) is 0.462. The Morgan fingerprint density at radius 2 is 2.00 bits per heavy atom. The molecule has 1 saturated heterocycles. The standard InChI is InChI=1S/C13H18N2O2.ClH/c1-15(11-8-14-9-11)13(16)12(17-2)10-6-4-3-5-7-10;/h3-7,11-12,14H,8-9H2,1-2H3;1H. The first-order valence-corrected chi connectivity index (χ1v) is 5.79. The lowest BCUT2D eigenvalue weighted by atomic mass is 10.1. The van der Waals surface area contributed by atoms with Crippen LogP contribution < -0.4 is 5.32 Å². The molecule has 0 aliphatic carbocycles. The zero-order chi connectivity index (χ0) is 12.3. The third-order valence-corrected chi connectivity index (χ3v) is 3.22. The molecule has 1 N–H and O–H groups in total. The predicted octanol–water partition coefficient (Wildman–Crippen LogP) is 1.23. The summed E-state index contributed by atoms with van der Waals surface area (Å²) < 4.78 is 5.33. The highest BCUT2D eigenvalue weighted by molar-refractivity contribution is 5.85. The number of methoxy groups -OCH3 is 1. The third kappa shape index (κ3) is 3.02. The Morgan fingerprint density at radius 1 is 1.39 bits per heavy atom. The molecule has 1 fully saturated rings. The Bertz CT molecular complexity index is 382. The van der Waals surface area contributed by atoms with Gasteiger partial charge in [0.2, 0.25) is 0 Å². The minimum atomic E-state index is -0.498. The van der Waals surface area contributed by atoms with Crippen molar-refractivity contribution in [1.82, 2.24) is 10.2 Å². The first-order valence-electron chi connectivity index (χ1n) is 5.79. The summed E-state index contributed by atoms with van der Waals surface area (Å²) in [5.41, 5.74) is 0.902. The summed E-state index contributed by atoms with van der Waals surface area (Å²) in [4.78, 5) is 14.1. The van der Waals surface area contributed by atoms with Gasteiger partial charge in [0, 0.05) is 27.2 Å². The summed E-state index contributed by atoms with van der Waals surface area (Å²) in [7, 11) is 3.41. The quantitative estimate of drug-likeness (QED) is 0.895. The van der Waals surface area contributed by atoms with E-state index in [0.717, 1.165) is 18.7 Å². The van der Waals surface area contributed by atoms with Crippen LogP contribution in [0.4, 0.5) is 0 Å². The second-order valence-electron chi connectivity index (χ2n) is 4.29. The first kappa shape index (κ1) is 15.0. The topological polar surface area (TPSA) is 41.6 Å². The van der Waals surface area contributed by atoms with Crippen LogP contribution in [0.15, 0.2) is 30.3 Å². The van der Waals surface area contributed by atoms with Gasteiger partial charge < -0.3 is 15.0 Å². The van der Waals surface area contributed by atoms with E-state index in [9.17, 15) is 4.79 Å². The van der Waals surface area contributed by atoms with E-state index in [0.29, 0.717) is 6.04 Å². The maximum absolute atomic E-state index is 12.3. The average molecular weight is 271 g/mol. The van der Waals surface area contributed by atoms with E-state index < -0.39 is 6.10 Å². The van der Waals surface area contributed by atoms with Gasteiger partial charge in [0.25, 0.3) is 5.91 Å². The number of rotatable bonds is 4. The van der Waals surface area contributed by atoms with Gasteiger partial charge in [-0.15, -0.1) is 12.4 Å². The van der Waals surface area contributed by atoms with Crippen LogP contribution in [-0.4, -0.2) is 44.1 Å². The predicted molar refractivity (Wildman–Crippen MR) is 72.9 cm³/mol. The Hall–Kier alpha value is -1.10. The number of ether oxygens (including phenoxy) is 1. The molecular formula is C13H19ClN2O2. The van der Waals surface area contributed by atoms with Crippen molar-refractivity contribution >= 4 is 18.3 Å². The molecule has 0 aromatic heterocycles. The van der Waals surface area contributed by atoms with Gasteiger partial charge in [0.05, 0.1) is 6.04 Å². The molecule has 5 heteroatoms. The highest BCUT2D eigenvalue weighted by Crippen LogP contribution is 2.20. The van der Waals surface area contributed by atoms with Crippen molar-refractivity contribution in [2.45, 2.75) is 12.1 Å².